The maximum absolute atomic E-state index is 12.5. The number of morpholine rings is 1. The molecule has 6 nitrogen and oxygen atoms in total. The summed E-state index contributed by atoms with van der Waals surface area (Å²) in [7, 11) is 0. The van der Waals surface area contributed by atoms with Crippen LogP contribution < -0.4 is 0 Å². The first kappa shape index (κ1) is 17.3. The second-order valence-electron chi connectivity index (χ2n) is 8.04. The second-order valence-corrected chi connectivity index (χ2v) is 8.04. The summed E-state index contributed by atoms with van der Waals surface area (Å²) in [5.74, 6) is 1.04. The number of esters is 1. The third kappa shape index (κ3) is 3.31. The van der Waals surface area contributed by atoms with E-state index in [1.54, 1.807) is 0 Å². The van der Waals surface area contributed by atoms with Crippen molar-refractivity contribution in [2.24, 2.45) is 23.7 Å². The third-order valence-electron chi connectivity index (χ3n) is 6.70. The van der Waals surface area contributed by atoms with Crippen LogP contribution in [0, 0.1) is 23.7 Å². The van der Waals surface area contributed by atoms with Crippen LogP contribution in [-0.2, 0) is 23.8 Å². The predicted molar refractivity (Wildman–Crippen MR) is 89.7 cm³/mol. The lowest BCUT2D eigenvalue weighted by molar-refractivity contribution is -0.152. The minimum absolute atomic E-state index is 0.0320. The molecule has 6 atom stereocenters. The Balaban J connectivity index is 1.46. The summed E-state index contributed by atoms with van der Waals surface area (Å²) in [6.07, 6.45) is 5.58. The zero-order valence-electron chi connectivity index (χ0n) is 15.0. The Kier molecular flexibility index (Phi) is 5.00. The smallest absolute Gasteiger partial charge is 0.309 e. The summed E-state index contributed by atoms with van der Waals surface area (Å²) >= 11 is 0. The van der Waals surface area contributed by atoms with Crippen LogP contribution >= 0.6 is 0 Å². The van der Waals surface area contributed by atoms with Gasteiger partial charge >= 0.3 is 5.97 Å². The van der Waals surface area contributed by atoms with Crippen molar-refractivity contribution in [2.45, 2.75) is 51.2 Å². The van der Waals surface area contributed by atoms with Crippen molar-refractivity contribution in [1.82, 2.24) is 4.90 Å². The van der Waals surface area contributed by atoms with Crippen LogP contribution in [0.4, 0.5) is 0 Å². The summed E-state index contributed by atoms with van der Waals surface area (Å²) < 4.78 is 17.1. The average Bonchev–Trinajstić information content (AvgIpc) is 2.93. The number of amides is 1. The summed E-state index contributed by atoms with van der Waals surface area (Å²) in [5.41, 5.74) is 0. The minimum atomic E-state index is -0.108. The van der Waals surface area contributed by atoms with E-state index in [2.05, 4.69) is 0 Å². The lowest BCUT2D eigenvalue weighted by Crippen LogP contribution is -2.50. The van der Waals surface area contributed by atoms with Crippen LogP contribution in [-0.4, -0.2) is 61.9 Å². The van der Waals surface area contributed by atoms with Crippen molar-refractivity contribution in [3.05, 3.63) is 0 Å². The Labute approximate surface area is 149 Å². The molecule has 4 aliphatic rings. The molecule has 4 rings (SSSR count). The Morgan fingerprint density at radius 2 is 2.00 bits per heavy atom. The molecule has 0 N–H and O–H groups in total. The monoisotopic (exact) mass is 351 g/mol. The molecule has 0 radical (unpaired) electrons. The highest BCUT2D eigenvalue weighted by Gasteiger charge is 2.55. The highest BCUT2D eigenvalue weighted by atomic mass is 16.6. The van der Waals surface area contributed by atoms with Crippen LogP contribution in [0.2, 0.25) is 0 Å². The quantitative estimate of drug-likeness (QED) is 0.723. The number of hydrogen-bond donors (Lipinski definition) is 0. The predicted octanol–water partition coefficient (Wildman–Crippen LogP) is 1.62. The van der Waals surface area contributed by atoms with E-state index in [1.807, 2.05) is 11.8 Å². The molecule has 4 fully saturated rings. The molecule has 25 heavy (non-hydrogen) atoms. The van der Waals surface area contributed by atoms with E-state index in [0.29, 0.717) is 38.1 Å². The van der Waals surface area contributed by atoms with Gasteiger partial charge in [0.1, 0.15) is 12.7 Å². The number of carbonyl (C=O) groups is 2. The molecule has 2 heterocycles. The fraction of sp³-hybridized carbons (Fsp3) is 0.895. The molecule has 2 saturated heterocycles. The molecule has 140 valence electrons. The van der Waals surface area contributed by atoms with Crippen molar-refractivity contribution in [1.29, 1.82) is 0 Å². The van der Waals surface area contributed by atoms with Crippen molar-refractivity contribution in [3.63, 3.8) is 0 Å². The molecule has 0 aromatic carbocycles. The van der Waals surface area contributed by atoms with Crippen LogP contribution in [0.1, 0.15) is 39.0 Å². The van der Waals surface area contributed by atoms with Gasteiger partial charge in [-0.05, 0) is 31.6 Å². The molecule has 0 spiro atoms. The standard InChI is InChI=1S/C19H29NO5/c1-12-17-15(19(22)25-12)10-13-4-2-3-5-14(13)18(17)24-11-16(21)20-6-8-23-9-7-20/h12-15,17-18H,2-11H2,1H3/t12-,13+,14-,15-,17-,18+/m0/s1. The highest BCUT2D eigenvalue weighted by Crippen LogP contribution is 2.50. The zero-order chi connectivity index (χ0) is 17.4. The van der Waals surface area contributed by atoms with Gasteiger partial charge in [-0.15, -0.1) is 0 Å². The van der Waals surface area contributed by atoms with Crippen LogP contribution in [0.3, 0.4) is 0 Å². The van der Waals surface area contributed by atoms with Gasteiger partial charge < -0.3 is 19.1 Å². The molecule has 2 aliphatic heterocycles. The van der Waals surface area contributed by atoms with Gasteiger partial charge in [0, 0.05) is 19.0 Å². The van der Waals surface area contributed by atoms with Gasteiger partial charge in [-0.25, -0.2) is 0 Å². The van der Waals surface area contributed by atoms with Gasteiger partial charge in [0.25, 0.3) is 0 Å². The molecule has 1 amide bonds. The lowest BCUT2D eigenvalue weighted by Gasteiger charge is -2.46. The number of nitrogens with zero attached hydrogens (tertiary/aromatic N) is 1. The van der Waals surface area contributed by atoms with Crippen molar-refractivity contribution in [2.75, 3.05) is 32.9 Å². The van der Waals surface area contributed by atoms with Crippen molar-refractivity contribution >= 4 is 11.9 Å². The van der Waals surface area contributed by atoms with E-state index < -0.39 is 0 Å². The molecule has 2 saturated carbocycles. The van der Waals surface area contributed by atoms with Gasteiger partial charge in [0.2, 0.25) is 5.91 Å². The van der Waals surface area contributed by atoms with Crippen molar-refractivity contribution in [3.8, 4) is 0 Å². The number of ether oxygens (including phenoxy) is 3. The molecule has 2 aliphatic carbocycles. The fourth-order valence-electron chi connectivity index (χ4n) is 5.46. The molecule has 0 unspecified atom stereocenters. The fourth-order valence-corrected chi connectivity index (χ4v) is 5.46. The number of fused-ring (bicyclic) bond motifs is 2. The van der Waals surface area contributed by atoms with E-state index in [9.17, 15) is 9.59 Å². The topological polar surface area (TPSA) is 65.1 Å². The normalized spacial score (nSPS) is 41.0. The highest BCUT2D eigenvalue weighted by molar-refractivity contribution is 5.77. The average molecular weight is 351 g/mol. The number of carbonyl (C=O) groups excluding carboxylic acids is 2. The van der Waals surface area contributed by atoms with Crippen LogP contribution in [0.25, 0.3) is 0 Å². The molecule has 0 aromatic heterocycles. The summed E-state index contributed by atoms with van der Waals surface area (Å²) in [6, 6.07) is 0. The van der Waals surface area contributed by atoms with Gasteiger partial charge in [0.15, 0.2) is 0 Å². The van der Waals surface area contributed by atoms with Crippen LogP contribution in [0.5, 0.6) is 0 Å². The zero-order valence-corrected chi connectivity index (χ0v) is 15.0. The SMILES string of the molecule is C[C@@H]1OC(=O)[C@H]2C[C@H]3CCCC[C@@H]3[C@@H](OCC(=O)N3CCOCC3)[C@@H]12. The number of rotatable bonds is 3. The summed E-state index contributed by atoms with van der Waals surface area (Å²) in [5, 5.41) is 0. The maximum Gasteiger partial charge on any atom is 0.309 e. The summed E-state index contributed by atoms with van der Waals surface area (Å²) in [6.45, 7) is 4.57. The number of hydrogen-bond acceptors (Lipinski definition) is 5. The van der Waals surface area contributed by atoms with E-state index >= 15 is 0 Å². The molecular formula is C19H29NO5. The largest absolute Gasteiger partial charge is 0.462 e. The molecule has 6 heteroatoms. The summed E-state index contributed by atoms with van der Waals surface area (Å²) in [4.78, 5) is 26.6. The number of cyclic esters (lactones) is 1. The molecule has 0 aromatic rings. The van der Waals surface area contributed by atoms with E-state index in [1.165, 1.54) is 19.3 Å². The third-order valence-corrected chi connectivity index (χ3v) is 6.70. The van der Waals surface area contributed by atoms with E-state index in [0.717, 1.165) is 12.8 Å². The van der Waals surface area contributed by atoms with Crippen LogP contribution in [0.15, 0.2) is 0 Å². The Morgan fingerprint density at radius 1 is 1.24 bits per heavy atom. The first-order valence-corrected chi connectivity index (χ1v) is 9.83. The van der Waals surface area contributed by atoms with Gasteiger partial charge in [-0.1, -0.05) is 19.3 Å². The Bertz CT molecular complexity index is 518. The second kappa shape index (κ2) is 7.23. The van der Waals surface area contributed by atoms with Crippen molar-refractivity contribution < 1.29 is 23.8 Å². The Morgan fingerprint density at radius 3 is 2.80 bits per heavy atom. The Hall–Kier alpha value is -1.14. The van der Waals surface area contributed by atoms with E-state index in [4.69, 9.17) is 14.2 Å². The first-order chi connectivity index (χ1) is 12.1. The molecular weight excluding hydrogens is 322 g/mol. The lowest BCUT2D eigenvalue weighted by atomic mass is 9.61. The minimum Gasteiger partial charge on any atom is -0.462 e. The van der Waals surface area contributed by atoms with Gasteiger partial charge in [-0.2, -0.15) is 0 Å². The van der Waals surface area contributed by atoms with E-state index in [-0.39, 0.29) is 42.5 Å². The molecule has 0 bridgehead atoms. The van der Waals surface area contributed by atoms with Gasteiger partial charge in [0.05, 0.1) is 25.2 Å². The first-order valence-electron chi connectivity index (χ1n) is 9.83. The van der Waals surface area contributed by atoms with Gasteiger partial charge in [-0.3, -0.25) is 9.59 Å². The maximum atomic E-state index is 12.5.